The predicted molar refractivity (Wildman–Crippen MR) is 111 cm³/mol. The second-order valence-electron chi connectivity index (χ2n) is 6.42. The van der Waals surface area contributed by atoms with Crippen LogP contribution in [0.5, 0.6) is 0 Å². The zero-order valence-corrected chi connectivity index (χ0v) is 16.9. The molecule has 1 amide bonds. The zero-order chi connectivity index (χ0) is 20.1. The van der Waals surface area contributed by atoms with Gasteiger partial charge in [-0.25, -0.2) is 9.07 Å². The Balaban J connectivity index is 1.61. The first-order valence-corrected chi connectivity index (χ1v) is 9.62. The minimum atomic E-state index is -0.508. The maximum Gasteiger partial charge on any atom is 0.266 e. The summed E-state index contributed by atoms with van der Waals surface area (Å²) in [6, 6.07) is 15.5. The van der Waals surface area contributed by atoms with Gasteiger partial charge in [0, 0.05) is 29.1 Å². The molecule has 3 rings (SSSR count). The second kappa shape index (κ2) is 8.93. The van der Waals surface area contributed by atoms with Gasteiger partial charge in [0.25, 0.3) is 5.56 Å². The van der Waals surface area contributed by atoms with E-state index in [0.29, 0.717) is 23.1 Å². The molecule has 0 radical (unpaired) electrons. The molecule has 0 aliphatic rings. The van der Waals surface area contributed by atoms with E-state index in [1.807, 2.05) is 31.2 Å². The molecule has 1 heterocycles. The number of amides is 1. The van der Waals surface area contributed by atoms with Crippen LogP contribution in [0.25, 0.3) is 11.3 Å². The lowest BCUT2D eigenvalue weighted by Crippen LogP contribution is -2.23. The molecule has 7 heteroatoms. The Morgan fingerprint density at radius 1 is 1.14 bits per heavy atom. The van der Waals surface area contributed by atoms with E-state index in [2.05, 4.69) is 26.3 Å². The van der Waals surface area contributed by atoms with Gasteiger partial charge in [-0.3, -0.25) is 9.59 Å². The largest absolute Gasteiger partial charge is 0.324 e. The molecule has 144 valence electrons. The molecule has 0 bridgehead atoms. The van der Waals surface area contributed by atoms with Gasteiger partial charge in [0.15, 0.2) is 0 Å². The highest BCUT2D eigenvalue weighted by molar-refractivity contribution is 9.10. The molecule has 0 aliphatic heterocycles. The monoisotopic (exact) mass is 443 g/mol. The summed E-state index contributed by atoms with van der Waals surface area (Å²) < 4.78 is 15.7. The minimum Gasteiger partial charge on any atom is -0.324 e. The van der Waals surface area contributed by atoms with Gasteiger partial charge in [0.2, 0.25) is 5.91 Å². The SMILES string of the molecule is Cc1ccc(-c2ccc(=O)n(CCCC(=O)Nc3ccc(Br)cc3F)n2)cc1. The van der Waals surface area contributed by atoms with Crippen molar-refractivity contribution in [2.45, 2.75) is 26.3 Å². The van der Waals surface area contributed by atoms with E-state index in [-0.39, 0.29) is 23.6 Å². The zero-order valence-electron chi connectivity index (χ0n) is 15.3. The van der Waals surface area contributed by atoms with Crippen molar-refractivity contribution in [3.8, 4) is 11.3 Å². The fourth-order valence-electron chi connectivity index (χ4n) is 2.68. The Morgan fingerprint density at radius 3 is 2.61 bits per heavy atom. The van der Waals surface area contributed by atoms with Crippen LogP contribution in [0.2, 0.25) is 0 Å². The van der Waals surface area contributed by atoms with Gasteiger partial charge < -0.3 is 5.32 Å². The van der Waals surface area contributed by atoms with Crippen LogP contribution in [0.1, 0.15) is 18.4 Å². The maximum absolute atomic E-state index is 13.8. The molecule has 0 saturated carbocycles. The van der Waals surface area contributed by atoms with Crippen molar-refractivity contribution < 1.29 is 9.18 Å². The van der Waals surface area contributed by atoms with Crippen molar-refractivity contribution in [3.05, 3.63) is 80.8 Å². The van der Waals surface area contributed by atoms with Crippen LogP contribution in [0.4, 0.5) is 10.1 Å². The average Bonchev–Trinajstić information content (AvgIpc) is 2.66. The Hall–Kier alpha value is -2.80. The number of hydrogen-bond donors (Lipinski definition) is 1. The average molecular weight is 444 g/mol. The molecular weight excluding hydrogens is 425 g/mol. The van der Waals surface area contributed by atoms with Crippen molar-refractivity contribution in [2.75, 3.05) is 5.32 Å². The normalized spacial score (nSPS) is 10.7. The number of carbonyl (C=O) groups is 1. The summed E-state index contributed by atoms with van der Waals surface area (Å²) in [4.78, 5) is 24.1. The molecule has 0 unspecified atom stereocenters. The maximum atomic E-state index is 13.8. The molecule has 3 aromatic rings. The Morgan fingerprint density at radius 2 is 1.89 bits per heavy atom. The van der Waals surface area contributed by atoms with Crippen LogP contribution in [0.15, 0.2) is 63.9 Å². The van der Waals surface area contributed by atoms with Crippen LogP contribution >= 0.6 is 15.9 Å². The van der Waals surface area contributed by atoms with Gasteiger partial charge in [0.1, 0.15) is 5.82 Å². The first kappa shape index (κ1) is 19.9. The van der Waals surface area contributed by atoms with Crippen molar-refractivity contribution in [1.29, 1.82) is 0 Å². The molecule has 0 spiro atoms. The van der Waals surface area contributed by atoms with Crippen molar-refractivity contribution in [3.63, 3.8) is 0 Å². The fourth-order valence-corrected chi connectivity index (χ4v) is 3.01. The lowest BCUT2D eigenvalue weighted by Gasteiger charge is -2.09. The van der Waals surface area contributed by atoms with Crippen LogP contribution < -0.4 is 10.9 Å². The standard InChI is InChI=1S/C21H19BrFN3O2/c1-14-4-6-15(7-5-14)18-10-11-21(28)26(25-18)12-2-3-20(27)24-19-9-8-16(22)13-17(19)23/h4-11,13H,2-3,12H2,1H3,(H,24,27). The molecule has 0 aliphatic carbocycles. The molecule has 0 atom stereocenters. The van der Waals surface area contributed by atoms with Crippen molar-refractivity contribution >= 4 is 27.5 Å². The quantitative estimate of drug-likeness (QED) is 0.607. The summed E-state index contributed by atoms with van der Waals surface area (Å²) in [7, 11) is 0. The highest BCUT2D eigenvalue weighted by atomic mass is 79.9. The molecule has 1 aromatic heterocycles. The van der Waals surface area contributed by atoms with E-state index in [1.165, 1.54) is 22.9 Å². The molecule has 28 heavy (non-hydrogen) atoms. The molecular formula is C21H19BrFN3O2. The van der Waals surface area contributed by atoms with Gasteiger partial charge >= 0.3 is 0 Å². The van der Waals surface area contributed by atoms with E-state index < -0.39 is 5.82 Å². The van der Waals surface area contributed by atoms with Crippen LogP contribution in [0, 0.1) is 12.7 Å². The number of benzene rings is 2. The third-order valence-corrected chi connectivity index (χ3v) is 4.69. The van der Waals surface area contributed by atoms with Gasteiger partial charge in [-0.2, -0.15) is 5.10 Å². The third kappa shape index (κ3) is 5.13. The van der Waals surface area contributed by atoms with E-state index in [0.717, 1.165) is 11.1 Å². The molecule has 0 saturated heterocycles. The summed E-state index contributed by atoms with van der Waals surface area (Å²) in [5.41, 5.74) is 2.66. The summed E-state index contributed by atoms with van der Waals surface area (Å²) in [6.45, 7) is 2.30. The van der Waals surface area contributed by atoms with Gasteiger partial charge in [-0.15, -0.1) is 0 Å². The summed E-state index contributed by atoms with van der Waals surface area (Å²) in [5.74, 6) is -0.824. The number of nitrogens with one attached hydrogen (secondary N) is 1. The smallest absolute Gasteiger partial charge is 0.266 e. The molecule has 1 N–H and O–H groups in total. The summed E-state index contributed by atoms with van der Waals surface area (Å²) in [6.07, 6.45) is 0.562. The Labute approximate surface area is 170 Å². The number of anilines is 1. The van der Waals surface area contributed by atoms with E-state index in [1.54, 1.807) is 12.1 Å². The van der Waals surface area contributed by atoms with E-state index in [4.69, 9.17) is 0 Å². The lowest BCUT2D eigenvalue weighted by atomic mass is 10.1. The third-order valence-electron chi connectivity index (χ3n) is 4.19. The number of halogens is 2. The lowest BCUT2D eigenvalue weighted by molar-refractivity contribution is -0.116. The molecule has 0 fully saturated rings. The van der Waals surface area contributed by atoms with Crippen LogP contribution in [0.3, 0.4) is 0 Å². The number of nitrogens with zero attached hydrogens (tertiary/aromatic N) is 2. The van der Waals surface area contributed by atoms with Gasteiger partial charge in [-0.1, -0.05) is 45.8 Å². The number of aromatic nitrogens is 2. The highest BCUT2D eigenvalue weighted by Crippen LogP contribution is 2.19. The first-order valence-electron chi connectivity index (χ1n) is 8.82. The molecule has 5 nitrogen and oxygen atoms in total. The number of carbonyl (C=O) groups excluding carboxylic acids is 1. The molecule has 2 aromatic carbocycles. The van der Waals surface area contributed by atoms with Crippen molar-refractivity contribution in [1.82, 2.24) is 9.78 Å². The second-order valence-corrected chi connectivity index (χ2v) is 7.34. The van der Waals surface area contributed by atoms with E-state index >= 15 is 0 Å². The summed E-state index contributed by atoms with van der Waals surface area (Å²) in [5, 5.41) is 6.92. The van der Waals surface area contributed by atoms with Crippen LogP contribution in [-0.2, 0) is 11.3 Å². The Kier molecular flexibility index (Phi) is 6.36. The highest BCUT2D eigenvalue weighted by Gasteiger charge is 2.09. The minimum absolute atomic E-state index is 0.130. The van der Waals surface area contributed by atoms with Gasteiger partial charge in [-0.05, 0) is 37.6 Å². The van der Waals surface area contributed by atoms with Gasteiger partial charge in [0.05, 0.1) is 11.4 Å². The van der Waals surface area contributed by atoms with E-state index in [9.17, 15) is 14.0 Å². The first-order chi connectivity index (χ1) is 13.4. The van der Waals surface area contributed by atoms with Crippen LogP contribution in [-0.4, -0.2) is 15.7 Å². The van der Waals surface area contributed by atoms with Crippen molar-refractivity contribution in [2.24, 2.45) is 0 Å². The topological polar surface area (TPSA) is 64.0 Å². The Bertz CT molecular complexity index is 1050. The predicted octanol–water partition coefficient (Wildman–Crippen LogP) is 4.54. The number of hydrogen-bond acceptors (Lipinski definition) is 3. The number of aryl methyl sites for hydroxylation is 2. The summed E-state index contributed by atoms with van der Waals surface area (Å²) >= 11 is 3.17. The number of rotatable bonds is 6. The fraction of sp³-hybridized carbons (Fsp3) is 0.190.